The van der Waals surface area contributed by atoms with Crippen molar-refractivity contribution in [3.05, 3.63) is 22.0 Å². The molecule has 148 valence electrons. The fraction of sp³-hybridized carbons (Fsp3) is 0.412. The summed E-state index contributed by atoms with van der Waals surface area (Å²) >= 11 is 1.41. The second-order valence-corrected chi connectivity index (χ2v) is 7.95. The highest BCUT2D eigenvalue weighted by molar-refractivity contribution is 7.09. The Bertz CT molecular complexity index is 1080. The van der Waals surface area contributed by atoms with Crippen molar-refractivity contribution in [3.63, 3.8) is 0 Å². The molecule has 1 aliphatic heterocycles. The summed E-state index contributed by atoms with van der Waals surface area (Å²) in [5.41, 5.74) is 7.02. The predicted octanol–water partition coefficient (Wildman–Crippen LogP) is 3.57. The van der Waals surface area contributed by atoms with Crippen LogP contribution in [0, 0.1) is 0 Å². The Morgan fingerprint density at radius 1 is 1.29 bits per heavy atom. The van der Waals surface area contributed by atoms with Crippen molar-refractivity contribution in [2.24, 2.45) is 0 Å². The van der Waals surface area contributed by atoms with E-state index in [0.717, 1.165) is 5.39 Å². The maximum Gasteiger partial charge on any atom is 0.389 e. The van der Waals surface area contributed by atoms with E-state index in [0.29, 0.717) is 22.6 Å². The summed E-state index contributed by atoms with van der Waals surface area (Å²) in [6.45, 7) is 3.47. The molecule has 0 unspecified atom stereocenters. The molecule has 0 saturated heterocycles. The van der Waals surface area contributed by atoms with Crippen molar-refractivity contribution < 1.29 is 18.0 Å². The van der Waals surface area contributed by atoms with Crippen LogP contribution in [0.1, 0.15) is 37.9 Å². The van der Waals surface area contributed by atoms with Gasteiger partial charge in [-0.15, -0.1) is 11.3 Å². The topological polar surface area (TPSA) is 98.7 Å². The lowest BCUT2D eigenvalue weighted by Crippen LogP contribution is -2.27. The van der Waals surface area contributed by atoms with Gasteiger partial charge in [0.15, 0.2) is 0 Å². The third kappa shape index (κ3) is 2.99. The standard InChI is InChI=1S/C17H17F3N6OS/c1-16(2)11-12(21)22-15(24-13(11)23-14(16)27)26-10-7-28-6-8(10)9(25-26)4-3-5-17(18,19)20/h6-7H,3-5H2,1-2H3,(H3,21,22,23,24,27). The minimum atomic E-state index is -4.20. The zero-order chi connectivity index (χ0) is 20.3. The first-order valence-electron chi connectivity index (χ1n) is 8.58. The second-order valence-electron chi connectivity index (χ2n) is 7.21. The number of aryl methyl sites for hydroxylation is 1. The summed E-state index contributed by atoms with van der Waals surface area (Å²) in [4.78, 5) is 20.9. The molecule has 0 saturated carbocycles. The molecule has 1 aliphatic rings. The smallest absolute Gasteiger partial charge is 0.383 e. The molecular weight excluding hydrogens is 393 g/mol. The van der Waals surface area contributed by atoms with E-state index in [1.165, 1.54) is 16.0 Å². The molecule has 4 rings (SSSR count). The molecule has 0 aromatic carbocycles. The maximum atomic E-state index is 12.5. The maximum absolute atomic E-state index is 12.5. The molecule has 1 amide bonds. The van der Waals surface area contributed by atoms with Gasteiger partial charge < -0.3 is 11.1 Å². The van der Waals surface area contributed by atoms with Crippen LogP contribution in [0.4, 0.5) is 24.8 Å². The van der Waals surface area contributed by atoms with E-state index in [4.69, 9.17) is 5.73 Å². The van der Waals surface area contributed by atoms with E-state index in [1.54, 1.807) is 13.8 Å². The summed E-state index contributed by atoms with van der Waals surface area (Å²) in [6, 6.07) is 0. The third-order valence-corrected chi connectivity index (χ3v) is 5.55. The van der Waals surface area contributed by atoms with Gasteiger partial charge in [0.05, 0.1) is 22.2 Å². The number of fused-ring (bicyclic) bond motifs is 2. The van der Waals surface area contributed by atoms with Crippen LogP contribution in [0.5, 0.6) is 0 Å². The normalized spacial score (nSPS) is 15.8. The van der Waals surface area contributed by atoms with Gasteiger partial charge in [-0.05, 0) is 26.7 Å². The minimum Gasteiger partial charge on any atom is -0.383 e. The van der Waals surface area contributed by atoms with Crippen molar-refractivity contribution in [2.45, 2.75) is 44.7 Å². The Labute approximate surface area is 161 Å². The monoisotopic (exact) mass is 410 g/mol. The van der Waals surface area contributed by atoms with E-state index in [-0.39, 0.29) is 30.5 Å². The first kappa shape index (κ1) is 18.7. The lowest BCUT2D eigenvalue weighted by molar-refractivity contribution is -0.135. The first-order valence-corrected chi connectivity index (χ1v) is 9.52. The highest BCUT2D eigenvalue weighted by Crippen LogP contribution is 2.39. The molecule has 0 aliphatic carbocycles. The van der Waals surface area contributed by atoms with Gasteiger partial charge in [-0.25, -0.2) is 0 Å². The average molecular weight is 410 g/mol. The fourth-order valence-corrected chi connectivity index (χ4v) is 4.15. The predicted molar refractivity (Wildman–Crippen MR) is 99.6 cm³/mol. The van der Waals surface area contributed by atoms with Crippen LogP contribution < -0.4 is 11.1 Å². The summed E-state index contributed by atoms with van der Waals surface area (Å²) < 4.78 is 38.8. The number of carbonyl (C=O) groups is 1. The van der Waals surface area contributed by atoms with Gasteiger partial charge in [-0.1, -0.05) is 0 Å². The van der Waals surface area contributed by atoms with Crippen molar-refractivity contribution >= 4 is 39.8 Å². The van der Waals surface area contributed by atoms with Gasteiger partial charge in [0, 0.05) is 22.6 Å². The quantitative estimate of drug-likeness (QED) is 0.685. The molecule has 0 radical (unpaired) electrons. The Balaban J connectivity index is 1.73. The number of carbonyl (C=O) groups excluding carboxylic acids is 1. The number of nitrogens with two attached hydrogens (primary N) is 1. The number of nitrogens with zero attached hydrogens (tertiary/aromatic N) is 4. The second kappa shape index (κ2) is 6.16. The number of hydrogen-bond acceptors (Lipinski definition) is 6. The Morgan fingerprint density at radius 2 is 2.04 bits per heavy atom. The van der Waals surface area contributed by atoms with Crippen LogP contribution in [-0.2, 0) is 16.6 Å². The summed E-state index contributed by atoms with van der Waals surface area (Å²) in [5.74, 6) is 0.435. The number of nitrogens with one attached hydrogen (secondary N) is 1. The van der Waals surface area contributed by atoms with Crippen LogP contribution >= 0.6 is 11.3 Å². The lowest BCUT2D eigenvalue weighted by atomic mass is 9.87. The summed E-state index contributed by atoms with van der Waals surface area (Å²) in [7, 11) is 0. The minimum absolute atomic E-state index is 0.0527. The van der Waals surface area contributed by atoms with Crippen molar-refractivity contribution in [1.29, 1.82) is 0 Å². The number of alkyl halides is 3. The van der Waals surface area contributed by atoms with E-state index in [2.05, 4.69) is 20.4 Å². The molecular formula is C17H17F3N6OS. The van der Waals surface area contributed by atoms with Crippen LogP contribution in [0.15, 0.2) is 10.8 Å². The highest BCUT2D eigenvalue weighted by atomic mass is 32.1. The van der Waals surface area contributed by atoms with E-state index < -0.39 is 18.0 Å². The van der Waals surface area contributed by atoms with Gasteiger partial charge in [-0.3, -0.25) is 4.79 Å². The number of hydrogen-bond donors (Lipinski definition) is 2. The van der Waals surface area contributed by atoms with Crippen LogP contribution in [0.2, 0.25) is 0 Å². The van der Waals surface area contributed by atoms with E-state index >= 15 is 0 Å². The molecule has 0 fully saturated rings. The number of anilines is 2. The third-order valence-electron chi connectivity index (χ3n) is 4.81. The molecule has 0 bridgehead atoms. The Kier molecular flexibility index (Phi) is 4.11. The van der Waals surface area contributed by atoms with Gasteiger partial charge in [-0.2, -0.15) is 32.9 Å². The molecule has 3 aromatic heterocycles. The first-order chi connectivity index (χ1) is 13.1. The number of nitrogen functional groups attached to an aromatic ring is 1. The zero-order valence-electron chi connectivity index (χ0n) is 15.1. The number of amides is 1. The molecule has 7 nitrogen and oxygen atoms in total. The van der Waals surface area contributed by atoms with Gasteiger partial charge in [0.25, 0.3) is 5.95 Å². The Morgan fingerprint density at radius 3 is 2.75 bits per heavy atom. The largest absolute Gasteiger partial charge is 0.389 e. The van der Waals surface area contributed by atoms with E-state index in [9.17, 15) is 18.0 Å². The molecule has 3 aromatic rings. The molecule has 28 heavy (non-hydrogen) atoms. The van der Waals surface area contributed by atoms with E-state index in [1.807, 2.05) is 10.8 Å². The highest BCUT2D eigenvalue weighted by Gasteiger charge is 2.42. The number of aromatic nitrogens is 4. The van der Waals surface area contributed by atoms with Crippen molar-refractivity contribution in [3.8, 4) is 5.95 Å². The van der Waals surface area contributed by atoms with Crippen molar-refractivity contribution in [1.82, 2.24) is 19.7 Å². The SMILES string of the molecule is CC1(C)C(=O)Nc2nc(-n3nc(CCCC(F)(F)F)c4cscc43)nc(N)c21. The molecule has 0 spiro atoms. The zero-order valence-corrected chi connectivity index (χ0v) is 15.9. The number of rotatable bonds is 4. The number of halogens is 3. The molecule has 3 N–H and O–H groups in total. The number of thiophene rings is 1. The lowest BCUT2D eigenvalue weighted by Gasteiger charge is -2.16. The molecule has 0 atom stereocenters. The fourth-order valence-electron chi connectivity index (χ4n) is 3.34. The van der Waals surface area contributed by atoms with Gasteiger partial charge >= 0.3 is 6.18 Å². The van der Waals surface area contributed by atoms with Crippen LogP contribution in [0.3, 0.4) is 0 Å². The van der Waals surface area contributed by atoms with Gasteiger partial charge in [0.1, 0.15) is 11.6 Å². The summed E-state index contributed by atoms with van der Waals surface area (Å²) in [5, 5.41) is 11.6. The molecule has 4 heterocycles. The van der Waals surface area contributed by atoms with Crippen LogP contribution in [-0.4, -0.2) is 31.8 Å². The van der Waals surface area contributed by atoms with Crippen LogP contribution in [0.25, 0.3) is 16.9 Å². The molecule has 11 heteroatoms. The average Bonchev–Trinajstić information content (AvgIpc) is 3.21. The Hall–Kier alpha value is -2.69. The van der Waals surface area contributed by atoms with Gasteiger partial charge in [0.2, 0.25) is 5.91 Å². The summed E-state index contributed by atoms with van der Waals surface area (Å²) in [6.07, 6.45) is -4.93. The van der Waals surface area contributed by atoms with Crippen molar-refractivity contribution in [2.75, 3.05) is 11.1 Å².